The van der Waals surface area contributed by atoms with Gasteiger partial charge in [-0.3, -0.25) is 0 Å². The summed E-state index contributed by atoms with van der Waals surface area (Å²) in [7, 11) is 0. The van der Waals surface area contributed by atoms with Gasteiger partial charge < -0.3 is 54.9 Å². The smallest absolute Gasteiger partial charge is 0.136 e. The van der Waals surface area contributed by atoms with E-state index in [0.717, 1.165) is 234 Å². The van der Waals surface area contributed by atoms with Crippen LogP contribution in [-0.4, -0.2) is 0 Å². The zero-order valence-corrected chi connectivity index (χ0v) is 61.7. The summed E-state index contributed by atoms with van der Waals surface area (Å²) in [6.07, 6.45) is 4.77. The molecule has 0 saturated heterocycles. The van der Waals surface area contributed by atoms with Gasteiger partial charge in [0.25, 0.3) is 0 Å². The molecular weight excluding hydrogens is 1340 g/mol. The highest BCUT2D eigenvalue weighted by Crippen LogP contribution is 2.61. The monoisotopic (exact) mass is 1410 g/mol. The van der Waals surface area contributed by atoms with Gasteiger partial charge >= 0.3 is 0 Å². The number of benzene rings is 12. The summed E-state index contributed by atoms with van der Waals surface area (Å²) in [5.74, 6) is 6.69. The van der Waals surface area contributed by atoms with E-state index >= 15 is 0 Å². The molecule has 0 amide bonds. The van der Waals surface area contributed by atoms with Crippen molar-refractivity contribution in [1.82, 2.24) is 0 Å². The van der Waals surface area contributed by atoms with E-state index in [2.05, 4.69) is 306 Å². The van der Waals surface area contributed by atoms with Crippen LogP contribution >= 0.6 is 0 Å². The van der Waals surface area contributed by atoms with E-state index in [1.54, 1.807) is 0 Å². The van der Waals surface area contributed by atoms with E-state index in [9.17, 15) is 0 Å². The first-order valence-corrected chi connectivity index (χ1v) is 38.3. The van der Waals surface area contributed by atoms with Crippen molar-refractivity contribution in [2.24, 2.45) is 0 Å². The molecule has 0 bridgehead atoms. The zero-order valence-electron chi connectivity index (χ0n) is 61.7. The second kappa shape index (κ2) is 25.5. The first-order valence-electron chi connectivity index (χ1n) is 38.3. The summed E-state index contributed by atoms with van der Waals surface area (Å²) in [5.41, 5.74) is 17.4. The first-order chi connectivity index (χ1) is 53.3. The highest BCUT2D eigenvalue weighted by molar-refractivity contribution is 6.34. The second-order valence-electron chi connectivity index (χ2n) is 28.0. The van der Waals surface area contributed by atoms with Crippen LogP contribution in [0, 0.1) is 0 Å². The van der Waals surface area contributed by atoms with Gasteiger partial charge in [0.15, 0.2) is 0 Å². The molecule has 8 aromatic heterocycles. The minimum absolute atomic E-state index is 0.596. The van der Waals surface area contributed by atoms with Crippen LogP contribution in [0.1, 0.15) is 101 Å². The molecule has 12 aromatic carbocycles. The Hall–Kier alpha value is -12.8. The Morgan fingerprint density at radius 1 is 0.176 bits per heavy atom. The fraction of sp³-hybridized carbons (Fsp3) is 0.167. The molecular formula is C96H78N4O8. The van der Waals surface area contributed by atoms with Crippen molar-refractivity contribution in [3.05, 3.63) is 277 Å². The maximum atomic E-state index is 7.19. The number of para-hydroxylation sites is 8. The summed E-state index contributed by atoms with van der Waals surface area (Å²) in [5, 5.41) is 13.8. The fourth-order valence-corrected chi connectivity index (χ4v) is 17.6. The molecule has 0 radical (unpaired) electrons. The number of rotatable bonds is 20. The van der Waals surface area contributed by atoms with Crippen LogP contribution < -0.4 is 19.6 Å². The Balaban J connectivity index is 1.06. The van der Waals surface area contributed by atoms with E-state index in [0.29, 0.717) is 51.4 Å². The topological polar surface area (TPSA) is 118 Å². The molecule has 20 aromatic rings. The highest BCUT2D eigenvalue weighted by Gasteiger charge is 2.39. The first kappa shape index (κ1) is 64.8. The lowest BCUT2D eigenvalue weighted by Gasteiger charge is -2.34. The van der Waals surface area contributed by atoms with Crippen LogP contribution in [0.5, 0.6) is 0 Å². The molecule has 8 heterocycles. The van der Waals surface area contributed by atoms with Gasteiger partial charge in [-0.15, -0.1) is 0 Å². The van der Waals surface area contributed by atoms with E-state index in [1.165, 1.54) is 0 Å². The second-order valence-corrected chi connectivity index (χ2v) is 28.0. The average molecular weight is 1420 g/mol. The van der Waals surface area contributed by atoms with E-state index in [1.807, 2.05) is 0 Å². The molecule has 0 unspecified atom stereocenters. The predicted octanol–water partition coefficient (Wildman–Crippen LogP) is 28.9. The maximum absolute atomic E-state index is 7.19. The lowest BCUT2D eigenvalue weighted by Crippen LogP contribution is -2.18. The van der Waals surface area contributed by atoms with Gasteiger partial charge in [-0.1, -0.05) is 177 Å². The van der Waals surface area contributed by atoms with Crippen molar-refractivity contribution < 1.29 is 35.3 Å². The summed E-state index contributed by atoms with van der Waals surface area (Å²) < 4.78 is 57.5. The number of nitrogens with zero attached hydrogens (tertiary/aromatic N) is 4. The number of hydrogen-bond acceptors (Lipinski definition) is 12. The third-order valence-electron chi connectivity index (χ3n) is 22.2. The molecule has 0 aliphatic carbocycles. The van der Waals surface area contributed by atoms with Crippen molar-refractivity contribution in [1.29, 1.82) is 0 Å². The summed E-state index contributed by atoms with van der Waals surface area (Å²) >= 11 is 0. The van der Waals surface area contributed by atoms with Crippen LogP contribution in [0.2, 0.25) is 0 Å². The Kier molecular flexibility index (Phi) is 15.3. The van der Waals surface area contributed by atoms with Crippen LogP contribution in [0.25, 0.3) is 120 Å². The standard InChI is InChI=1S/C96H78N4O8/c1-9-71-89(59-33-17-25-41-79(59)101-71)97(90-60-34-18-26-42-80(60)102-72(90)10-2)67-53-68(98(91-61-35-19-27-43-81(61)103-73(91)11-3)92-62-36-20-28-44-82(62)104-74(92)12-4)56-51-52-58-70(100(95-65-39-23-31-47-85(65)107-77(95)15-7)96-66-40-24-32-48-86(66)108-78(96)16-8)54-69(57-50-49-55(67)87(56)88(57)58)99(93-63-37-21-29-45-83(63)105-75(93)13-5)94-64-38-22-30-46-84(64)106-76(94)14-6/h17-54H,9-16H2,1-8H3. The SMILES string of the molecule is CCc1oc2ccccc2c1N(c1c(CC)oc2ccccc12)c1cc(N(c2c(CC)oc3ccccc23)c2c(CC)oc3ccccc23)c2ccc3c(N(c4c(CC)oc5ccccc45)c4c(CC)oc5ccccc45)cc(N(c4c(CC)oc5ccccc45)c4c(CC)oc5ccccc45)c4ccc1c2c43. The molecule has 20 rings (SSSR count). The van der Waals surface area contributed by atoms with Crippen LogP contribution in [0.15, 0.2) is 266 Å². The molecule has 12 nitrogen and oxygen atoms in total. The molecule has 12 heteroatoms. The van der Waals surface area contributed by atoms with Crippen LogP contribution in [-0.2, 0) is 51.4 Å². The lowest BCUT2D eigenvalue weighted by atomic mass is 9.88. The predicted molar refractivity (Wildman–Crippen MR) is 442 cm³/mol. The van der Waals surface area contributed by atoms with Crippen molar-refractivity contribution in [2.75, 3.05) is 19.6 Å². The number of aryl methyl sites for hydroxylation is 8. The molecule has 0 aliphatic heterocycles. The largest absolute Gasteiger partial charge is 0.459 e. The number of furan rings is 8. The molecule has 108 heavy (non-hydrogen) atoms. The normalized spacial score (nSPS) is 12.2. The zero-order chi connectivity index (χ0) is 72.7. The van der Waals surface area contributed by atoms with Crippen molar-refractivity contribution in [3.8, 4) is 0 Å². The average Bonchev–Trinajstić information content (AvgIpc) is 1.00. The van der Waals surface area contributed by atoms with Crippen LogP contribution in [0.4, 0.5) is 68.2 Å². The lowest BCUT2D eigenvalue weighted by molar-refractivity contribution is 0.553. The summed E-state index contributed by atoms with van der Waals surface area (Å²) in [6, 6.07) is 82.3. The van der Waals surface area contributed by atoms with Crippen molar-refractivity contribution in [3.63, 3.8) is 0 Å². The van der Waals surface area contributed by atoms with Crippen molar-refractivity contribution >= 4 is 188 Å². The third-order valence-corrected chi connectivity index (χ3v) is 22.2. The molecule has 0 aliphatic rings. The number of anilines is 12. The Morgan fingerprint density at radius 2 is 0.315 bits per heavy atom. The summed E-state index contributed by atoms with van der Waals surface area (Å²) in [6.45, 7) is 17.5. The Labute approximate surface area is 623 Å². The minimum Gasteiger partial charge on any atom is -0.459 e. The van der Waals surface area contributed by atoms with Gasteiger partial charge in [0.1, 0.15) is 90.7 Å². The highest BCUT2D eigenvalue weighted by atomic mass is 16.4. The molecule has 0 N–H and O–H groups in total. The molecule has 0 spiro atoms. The Bertz CT molecular complexity index is 5790. The van der Waals surface area contributed by atoms with Gasteiger partial charge in [0.2, 0.25) is 0 Å². The van der Waals surface area contributed by atoms with E-state index in [4.69, 9.17) is 35.3 Å². The Morgan fingerprint density at radius 3 is 0.454 bits per heavy atom. The van der Waals surface area contributed by atoms with Gasteiger partial charge in [-0.2, -0.15) is 0 Å². The quantitative estimate of drug-likeness (QED) is 0.0676. The van der Waals surface area contributed by atoms with Gasteiger partial charge in [0, 0.05) is 127 Å². The summed E-state index contributed by atoms with van der Waals surface area (Å²) in [4.78, 5) is 9.99. The van der Waals surface area contributed by atoms with Gasteiger partial charge in [0.05, 0.1) is 68.2 Å². The van der Waals surface area contributed by atoms with Crippen LogP contribution in [0.3, 0.4) is 0 Å². The molecule has 0 fully saturated rings. The molecule has 0 atom stereocenters. The maximum Gasteiger partial charge on any atom is 0.136 e. The fourth-order valence-electron chi connectivity index (χ4n) is 17.6. The molecule has 530 valence electrons. The number of hydrogen-bond donors (Lipinski definition) is 0. The van der Waals surface area contributed by atoms with Crippen molar-refractivity contribution in [2.45, 2.75) is 107 Å². The third kappa shape index (κ3) is 9.47. The minimum atomic E-state index is 0.596. The van der Waals surface area contributed by atoms with Gasteiger partial charge in [-0.25, -0.2) is 0 Å². The van der Waals surface area contributed by atoms with E-state index < -0.39 is 0 Å². The number of fused-ring (bicyclic) bond motifs is 8. The van der Waals surface area contributed by atoms with E-state index in [-0.39, 0.29) is 0 Å². The molecule has 0 saturated carbocycles. The van der Waals surface area contributed by atoms with Gasteiger partial charge in [-0.05, 0) is 109 Å².